The Labute approximate surface area is 166 Å². The summed E-state index contributed by atoms with van der Waals surface area (Å²) in [6.45, 7) is 1.50. The molecule has 2 unspecified atom stereocenters. The molecular formula is C20H19ClFN3O3. The second-order valence-electron chi connectivity index (χ2n) is 6.24. The van der Waals surface area contributed by atoms with Crippen molar-refractivity contribution in [3.05, 3.63) is 64.4 Å². The van der Waals surface area contributed by atoms with Crippen LogP contribution in [0.2, 0.25) is 5.02 Å². The van der Waals surface area contributed by atoms with E-state index in [-0.39, 0.29) is 6.54 Å². The summed E-state index contributed by atoms with van der Waals surface area (Å²) in [6.07, 6.45) is -1.05. The van der Waals surface area contributed by atoms with E-state index in [0.29, 0.717) is 33.4 Å². The Morgan fingerprint density at radius 1 is 1.32 bits per heavy atom. The first-order valence-corrected chi connectivity index (χ1v) is 8.97. The molecule has 2 N–H and O–H groups in total. The van der Waals surface area contributed by atoms with Crippen LogP contribution >= 0.6 is 11.6 Å². The predicted octanol–water partition coefficient (Wildman–Crippen LogP) is 3.06. The van der Waals surface area contributed by atoms with Crippen molar-refractivity contribution in [2.24, 2.45) is 9.98 Å². The van der Waals surface area contributed by atoms with Gasteiger partial charge < -0.3 is 15.2 Å². The maximum atomic E-state index is 14.4. The van der Waals surface area contributed by atoms with Gasteiger partial charge in [0, 0.05) is 21.8 Å². The second-order valence-corrected chi connectivity index (χ2v) is 6.68. The molecule has 1 aliphatic rings. The van der Waals surface area contributed by atoms with Crippen LogP contribution in [0.25, 0.3) is 0 Å². The summed E-state index contributed by atoms with van der Waals surface area (Å²) in [4.78, 5) is 20.7. The molecule has 0 aliphatic carbocycles. The van der Waals surface area contributed by atoms with Crippen LogP contribution in [0, 0.1) is 5.82 Å². The van der Waals surface area contributed by atoms with Crippen molar-refractivity contribution < 1.29 is 19.0 Å². The zero-order chi connectivity index (χ0) is 20.3. The number of methoxy groups -OCH3 is 1. The zero-order valence-corrected chi connectivity index (χ0v) is 16.1. The van der Waals surface area contributed by atoms with Crippen LogP contribution in [-0.2, 0) is 9.53 Å². The van der Waals surface area contributed by atoms with Gasteiger partial charge in [-0.2, -0.15) is 0 Å². The molecule has 28 heavy (non-hydrogen) atoms. The number of aliphatic imine (C=N–C) groups is 2. The number of rotatable bonds is 4. The van der Waals surface area contributed by atoms with E-state index in [9.17, 15) is 14.3 Å². The van der Waals surface area contributed by atoms with E-state index < -0.39 is 23.9 Å². The molecule has 8 heteroatoms. The van der Waals surface area contributed by atoms with Gasteiger partial charge in [0.2, 0.25) is 0 Å². The number of benzene rings is 2. The first kappa shape index (κ1) is 20.0. The first-order chi connectivity index (χ1) is 13.4. The van der Waals surface area contributed by atoms with Crippen molar-refractivity contribution in [1.29, 1.82) is 0 Å². The quantitative estimate of drug-likeness (QED) is 0.768. The summed E-state index contributed by atoms with van der Waals surface area (Å²) in [7, 11) is 1.23. The lowest BCUT2D eigenvalue weighted by Gasteiger charge is -2.16. The average Bonchev–Trinajstić information content (AvgIpc) is 2.84. The van der Waals surface area contributed by atoms with E-state index in [0.717, 1.165) is 0 Å². The molecule has 0 fully saturated rings. The molecule has 0 spiro atoms. The van der Waals surface area contributed by atoms with E-state index in [1.165, 1.54) is 20.1 Å². The Bertz CT molecular complexity index is 959. The number of nitrogens with one attached hydrogen (secondary N) is 1. The van der Waals surface area contributed by atoms with E-state index in [1.807, 2.05) is 0 Å². The molecule has 0 radical (unpaired) electrons. The van der Waals surface area contributed by atoms with Crippen molar-refractivity contribution in [3.63, 3.8) is 0 Å². The van der Waals surface area contributed by atoms with E-state index in [2.05, 4.69) is 15.3 Å². The maximum Gasteiger partial charge on any atom is 0.333 e. The monoisotopic (exact) mass is 403 g/mol. The first-order valence-electron chi connectivity index (χ1n) is 8.59. The van der Waals surface area contributed by atoms with Crippen molar-refractivity contribution in [1.82, 2.24) is 0 Å². The van der Waals surface area contributed by atoms with Crippen LogP contribution in [-0.4, -0.2) is 48.4 Å². The third kappa shape index (κ3) is 4.21. The van der Waals surface area contributed by atoms with Gasteiger partial charge in [-0.25, -0.2) is 9.18 Å². The van der Waals surface area contributed by atoms with Gasteiger partial charge in [-0.15, -0.1) is 0 Å². The summed E-state index contributed by atoms with van der Waals surface area (Å²) in [5, 5.41) is 13.5. The Hall–Kier alpha value is -2.77. The molecule has 0 bridgehead atoms. The summed E-state index contributed by atoms with van der Waals surface area (Å²) in [5.74, 6) is -0.738. The molecule has 146 valence electrons. The van der Waals surface area contributed by atoms with E-state index in [4.69, 9.17) is 16.3 Å². The van der Waals surface area contributed by atoms with Crippen LogP contribution in [0.4, 0.5) is 10.1 Å². The zero-order valence-electron chi connectivity index (χ0n) is 15.3. The Balaban J connectivity index is 2.10. The molecule has 0 saturated heterocycles. The molecule has 6 nitrogen and oxygen atoms in total. The predicted molar refractivity (Wildman–Crippen MR) is 107 cm³/mol. The molecule has 1 aliphatic heterocycles. The maximum absolute atomic E-state index is 14.4. The third-order valence-corrected chi connectivity index (χ3v) is 4.46. The standard InChI is InChI=1S/C20H19ClFN3O3/c1-11(26)18(20(27)28-2)25-17-10-23-19(13-5-3-4-6-15(13)22)14-9-12(21)7-8-16(14)24-17/h3-9,11,18,26H,10H2,1-2H3,(H,24,25). The van der Waals surface area contributed by atoms with Gasteiger partial charge in [-0.1, -0.05) is 23.7 Å². The van der Waals surface area contributed by atoms with E-state index >= 15 is 0 Å². The number of carbonyl (C=O) groups is 1. The Morgan fingerprint density at radius 2 is 2.07 bits per heavy atom. The van der Waals surface area contributed by atoms with E-state index in [1.54, 1.807) is 36.4 Å². The van der Waals surface area contributed by atoms with Gasteiger partial charge in [0.1, 0.15) is 11.7 Å². The van der Waals surface area contributed by atoms with Gasteiger partial charge in [0.05, 0.1) is 25.5 Å². The number of esters is 1. The molecule has 2 atom stereocenters. The van der Waals surface area contributed by atoms with Gasteiger partial charge in [0.15, 0.2) is 6.04 Å². The lowest BCUT2D eigenvalue weighted by molar-refractivity contribution is -0.144. The summed E-state index contributed by atoms with van der Waals surface area (Å²) in [6, 6.07) is 10.3. The topological polar surface area (TPSA) is 83.3 Å². The minimum atomic E-state index is -1.10. The third-order valence-electron chi connectivity index (χ3n) is 4.23. The fraction of sp³-hybridized carbons (Fsp3) is 0.250. The highest BCUT2D eigenvalue weighted by atomic mass is 35.5. The molecule has 0 amide bonds. The average molecular weight is 404 g/mol. The number of halogens is 2. The highest BCUT2D eigenvalue weighted by Gasteiger charge is 2.26. The van der Waals surface area contributed by atoms with Crippen molar-refractivity contribution >= 4 is 34.8 Å². The number of ether oxygens (including phenoxy) is 1. The minimum Gasteiger partial charge on any atom is -0.467 e. The number of aliphatic hydroxyl groups is 1. The van der Waals surface area contributed by atoms with Crippen LogP contribution in [0.5, 0.6) is 0 Å². The number of hydrogen-bond donors (Lipinski definition) is 2. The van der Waals surface area contributed by atoms with Gasteiger partial charge in [-0.3, -0.25) is 9.98 Å². The number of carbonyl (C=O) groups excluding carboxylic acids is 1. The van der Waals surface area contributed by atoms with Gasteiger partial charge in [0.25, 0.3) is 0 Å². The van der Waals surface area contributed by atoms with Gasteiger partial charge >= 0.3 is 5.97 Å². The lowest BCUT2D eigenvalue weighted by atomic mass is 10.00. The Morgan fingerprint density at radius 3 is 2.75 bits per heavy atom. The molecule has 2 aromatic rings. The molecule has 2 aromatic carbocycles. The molecule has 0 saturated carbocycles. The molecule has 3 rings (SSSR count). The molecule has 1 heterocycles. The lowest BCUT2D eigenvalue weighted by Crippen LogP contribution is -2.34. The van der Waals surface area contributed by atoms with Crippen LogP contribution in [0.1, 0.15) is 18.1 Å². The number of aliphatic hydroxyl groups excluding tert-OH is 1. The highest BCUT2D eigenvalue weighted by molar-refractivity contribution is 6.32. The number of fused-ring (bicyclic) bond motifs is 1. The summed E-state index contributed by atoms with van der Waals surface area (Å²) >= 11 is 6.14. The largest absolute Gasteiger partial charge is 0.467 e. The smallest absolute Gasteiger partial charge is 0.333 e. The normalized spacial score (nSPS) is 17.0. The van der Waals surface area contributed by atoms with Crippen LogP contribution < -0.4 is 5.32 Å². The van der Waals surface area contributed by atoms with Gasteiger partial charge in [-0.05, 0) is 37.3 Å². The second kappa shape index (κ2) is 8.50. The number of benzodiazepines with no additional fused rings is 1. The van der Waals surface area contributed by atoms with Crippen LogP contribution in [0.15, 0.2) is 52.4 Å². The number of anilines is 1. The van der Waals surface area contributed by atoms with Crippen molar-refractivity contribution in [2.45, 2.75) is 19.1 Å². The number of amidine groups is 1. The van der Waals surface area contributed by atoms with Crippen LogP contribution in [0.3, 0.4) is 0 Å². The summed E-state index contributed by atoms with van der Waals surface area (Å²) in [5.41, 5.74) is 1.96. The summed E-state index contributed by atoms with van der Waals surface area (Å²) < 4.78 is 19.1. The fourth-order valence-electron chi connectivity index (χ4n) is 2.86. The minimum absolute atomic E-state index is 0.0518. The number of nitrogens with zero attached hydrogens (tertiary/aromatic N) is 2. The number of hydrogen-bond acceptors (Lipinski definition) is 5. The van der Waals surface area contributed by atoms with Crippen molar-refractivity contribution in [2.75, 3.05) is 19.0 Å². The SMILES string of the molecule is COC(=O)C(N=C1CN=C(c2ccccc2F)c2cc(Cl)ccc2N1)C(C)O. The highest BCUT2D eigenvalue weighted by Crippen LogP contribution is 2.27. The molecular weight excluding hydrogens is 385 g/mol. The molecule has 0 aromatic heterocycles. The van der Waals surface area contributed by atoms with Crippen molar-refractivity contribution in [3.8, 4) is 0 Å². The fourth-order valence-corrected chi connectivity index (χ4v) is 3.03. The Kier molecular flexibility index (Phi) is 6.06.